The van der Waals surface area contributed by atoms with E-state index in [1.165, 1.54) is 25.7 Å². The Balaban J connectivity index is 1.16. The maximum absolute atomic E-state index is 9.77. The van der Waals surface area contributed by atoms with Crippen LogP contribution in [0.4, 0.5) is 5.82 Å². The Labute approximate surface area is 230 Å². The fraction of sp³-hybridized carbons (Fsp3) is 0.586. The van der Waals surface area contributed by atoms with E-state index in [1.807, 2.05) is 18.3 Å². The second kappa shape index (κ2) is 12.6. The Morgan fingerprint density at radius 3 is 2.77 bits per heavy atom. The molecule has 10 nitrogen and oxygen atoms in total. The first-order valence-corrected chi connectivity index (χ1v) is 14.2. The number of H-pyrrole nitrogens is 1. The summed E-state index contributed by atoms with van der Waals surface area (Å²) in [4.78, 5) is 9.68. The van der Waals surface area contributed by atoms with E-state index in [4.69, 9.17) is 14.7 Å². The van der Waals surface area contributed by atoms with E-state index in [1.54, 1.807) is 0 Å². The number of pyridine rings is 2. The third-order valence-electron chi connectivity index (χ3n) is 8.22. The fourth-order valence-electron chi connectivity index (χ4n) is 5.82. The number of tetrazole rings is 1. The van der Waals surface area contributed by atoms with Gasteiger partial charge >= 0.3 is 0 Å². The number of nitriles is 1. The maximum atomic E-state index is 9.77. The van der Waals surface area contributed by atoms with Crippen molar-refractivity contribution in [1.29, 1.82) is 5.26 Å². The van der Waals surface area contributed by atoms with Crippen LogP contribution in [0.15, 0.2) is 30.5 Å². The van der Waals surface area contributed by atoms with Gasteiger partial charge in [-0.25, -0.2) is 4.98 Å². The van der Waals surface area contributed by atoms with Crippen LogP contribution in [0.1, 0.15) is 62.5 Å². The lowest BCUT2D eigenvalue weighted by molar-refractivity contribution is 0.0455. The summed E-state index contributed by atoms with van der Waals surface area (Å²) in [6.07, 6.45) is 9.99. The number of hydrogen-bond acceptors (Lipinski definition) is 9. The zero-order valence-corrected chi connectivity index (χ0v) is 23.0. The summed E-state index contributed by atoms with van der Waals surface area (Å²) in [5, 5.41) is 31.2. The summed E-state index contributed by atoms with van der Waals surface area (Å²) in [5.74, 6) is 2.19. The lowest BCUT2D eigenvalue weighted by Crippen LogP contribution is -2.40. The SMILES string of the molecule is Cc1cnc(CC2CCC(N[C@H](C)Cc3nn[nH]n3)CC2)cc1-c1cccc(NCC2(C#N)CCOCC2)n1. The molecule has 3 aromatic heterocycles. The van der Waals surface area contributed by atoms with Crippen LogP contribution >= 0.6 is 0 Å². The van der Waals surface area contributed by atoms with Gasteiger partial charge in [0.05, 0.1) is 17.2 Å². The Bertz CT molecular complexity index is 1240. The molecule has 10 heteroatoms. The molecule has 1 saturated heterocycles. The first kappa shape index (κ1) is 27.2. The largest absolute Gasteiger partial charge is 0.381 e. The van der Waals surface area contributed by atoms with Crippen molar-refractivity contribution < 1.29 is 4.74 Å². The second-order valence-corrected chi connectivity index (χ2v) is 11.3. The van der Waals surface area contributed by atoms with Gasteiger partial charge in [0.15, 0.2) is 5.82 Å². The number of nitrogens with zero attached hydrogens (tertiary/aromatic N) is 6. The normalized spacial score (nSPS) is 21.7. The minimum atomic E-state index is -0.392. The molecule has 1 aliphatic heterocycles. The number of rotatable bonds is 10. The molecule has 0 bridgehead atoms. The molecule has 2 aliphatic rings. The molecule has 0 radical (unpaired) electrons. The number of ether oxygens (including phenoxy) is 1. The highest BCUT2D eigenvalue weighted by Crippen LogP contribution is 2.31. The van der Waals surface area contributed by atoms with Crippen molar-refractivity contribution in [3.63, 3.8) is 0 Å². The molecule has 1 saturated carbocycles. The standard InChI is InChI=1S/C29H39N9O/c1-20-17-31-24(15-22-6-8-23(9-7-22)33-21(2)14-28-35-37-38-36-28)16-25(20)26-4-3-5-27(34-26)32-19-29(18-30)10-12-39-13-11-29/h3-5,16-17,21-23,33H,6-15,19H2,1-2H3,(H,32,34)(H,35,36,37,38)/t21-,22?,23?/m1/s1. The summed E-state index contributed by atoms with van der Waals surface area (Å²) in [7, 11) is 0. The Morgan fingerprint density at radius 2 is 2.03 bits per heavy atom. The molecule has 39 heavy (non-hydrogen) atoms. The molecule has 0 aromatic carbocycles. The number of nitrogens with one attached hydrogen (secondary N) is 3. The second-order valence-electron chi connectivity index (χ2n) is 11.3. The summed E-state index contributed by atoms with van der Waals surface area (Å²) in [6.45, 7) is 6.14. The van der Waals surface area contributed by atoms with E-state index in [9.17, 15) is 5.26 Å². The van der Waals surface area contributed by atoms with Crippen molar-refractivity contribution in [2.45, 2.75) is 77.3 Å². The zero-order chi connectivity index (χ0) is 27.1. The van der Waals surface area contributed by atoms with Gasteiger partial charge in [-0.15, -0.1) is 10.2 Å². The Morgan fingerprint density at radius 1 is 1.21 bits per heavy atom. The van der Waals surface area contributed by atoms with Crippen LogP contribution in [0.3, 0.4) is 0 Å². The zero-order valence-electron chi connectivity index (χ0n) is 23.0. The van der Waals surface area contributed by atoms with Gasteiger partial charge in [0, 0.05) is 55.7 Å². The molecule has 3 aromatic rings. The fourth-order valence-corrected chi connectivity index (χ4v) is 5.82. The van der Waals surface area contributed by atoms with Gasteiger partial charge in [-0.2, -0.15) is 10.5 Å². The minimum Gasteiger partial charge on any atom is -0.381 e. The lowest BCUT2D eigenvalue weighted by atomic mass is 9.82. The number of hydrogen-bond donors (Lipinski definition) is 3. The van der Waals surface area contributed by atoms with Crippen molar-refractivity contribution in [3.05, 3.63) is 47.5 Å². The molecule has 1 aliphatic carbocycles. The number of anilines is 1. The Kier molecular flexibility index (Phi) is 8.79. The van der Waals surface area contributed by atoms with Crippen LogP contribution in [0, 0.1) is 29.6 Å². The van der Waals surface area contributed by atoms with E-state index in [-0.39, 0.29) is 0 Å². The van der Waals surface area contributed by atoms with Crippen LogP contribution in [-0.2, 0) is 17.6 Å². The van der Waals surface area contributed by atoms with Gasteiger partial charge in [0.2, 0.25) is 0 Å². The maximum Gasteiger partial charge on any atom is 0.176 e. The first-order chi connectivity index (χ1) is 19.0. The number of aromatic amines is 1. The quantitative estimate of drug-likeness (QED) is 0.355. The van der Waals surface area contributed by atoms with Crippen molar-refractivity contribution in [2.75, 3.05) is 25.1 Å². The topological polar surface area (TPSA) is 137 Å². The van der Waals surface area contributed by atoms with Gasteiger partial charge in [-0.05, 0) is 88.5 Å². The molecule has 0 amide bonds. The minimum absolute atomic E-state index is 0.324. The first-order valence-electron chi connectivity index (χ1n) is 14.2. The molecular weight excluding hydrogens is 490 g/mol. The lowest BCUT2D eigenvalue weighted by Gasteiger charge is -2.31. The Hall–Kier alpha value is -3.42. The highest BCUT2D eigenvalue weighted by atomic mass is 16.5. The van der Waals surface area contributed by atoms with Crippen LogP contribution in [0.5, 0.6) is 0 Å². The monoisotopic (exact) mass is 529 g/mol. The van der Waals surface area contributed by atoms with E-state index in [0.29, 0.717) is 37.8 Å². The molecular formula is C29H39N9O. The number of aromatic nitrogens is 6. The third-order valence-corrected chi connectivity index (χ3v) is 8.22. The van der Waals surface area contributed by atoms with Gasteiger partial charge in [0.1, 0.15) is 5.82 Å². The molecule has 3 N–H and O–H groups in total. The van der Waals surface area contributed by atoms with Crippen molar-refractivity contribution in [1.82, 2.24) is 35.9 Å². The highest BCUT2D eigenvalue weighted by Gasteiger charge is 2.32. The van der Waals surface area contributed by atoms with Crippen molar-refractivity contribution in [3.8, 4) is 17.3 Å². The molecule has 2 fully saturated rings. The van der Waals surface area contributed by atoms with Gasteiger partial charge < -0.3 is 15.4 Å². The van der Waals surface area contributed by atoms with E-state index in [2.05, 4.69) is 63.3 Å². The highest BCUT2D eigenvalue weighted by molar-refractivity contribution is 5.65. The van der Waals surface area contributed by atoms with Crippen LogP contribution in [-0.4, -0.2) is 62.4 Å². The van der Waals surface area contributed by atoms with E-state index >= 15 is 0 Å². The van der Waals surface area contributed by atoms with Gasteiger partial charge in [0.25, 0.3) is 0 Å². The molecule has 0 spiro atoms. The molecule has 4 heterocycles. The van der Waals surface area contributed by atoms with Crippen LogP contribution in [0.2, 0.25) is 0 Å². The predicted molar refractivity (Wildman–Crippen MR) is 149 cm³/mol. The summed E-state index contributed by atoms with van der Waals surface area (Å²) in [5.41, 5.74) is 3.90. The number of aryl methyl sites for hydroxylation is 1. The van der Waals surface area contributed by atoms with E-state index in [0.717, 1.165) is 59.8 Å². The van der Waals surface area contributed by atoms with Crippen molar-refractivity contribution in [2.24, 2.45) is 11.3 Å². The summed E-state index contributed by atoms with van der Waals surface area (Å²) < 4.78 is 5.46. The molecule has 1 atom stereocenters. The average molecular weight is 530 g/mol. The smallest absolute Gasteiger partial charge is 0.176 e. The van der Waals surface area contributed by atoms with Crippen molar-refractivity contribution >= 4 is 5.82 Å². The summed E-state index contributed by atoms with van der Waals surface area (Å²) >= 11 is 0. The van der Waals surface area contributed by atoms with Crippen LogP contribution < -0.4 is 10.6 Å². The molecule has 0 unspecified atom stereocenters. The summed E-state index contributed by atoms with van der Waals surface area (Å²) in [6, 6.07) is 11.6. The molecule has 206 valence electrons. The third kappa shape index (κ3) is 7.16. The van der Waals surface area contributed by atoms with E-state index < -0.39 is 5.41 Å². The van der Waals surface area contributed by atoms with Gasteiger partial charge in [-0.1, -0.05) is 11.3 Å². The van der Waals surface area contributed by atoms with Crippen LogP contribution in [0.25, 0.3) is 11.3 Å². The predicted octanol–water partition coefficient (Wildman–Crippen LogP) is 4.02. The molecule has 5 rings (SSSR count). The van der Waals surface area contributed by atoms with Gasteiger partial charge in [-0.3, -0.25) is 4.98 Å². The average Bonchev–Trinajstić information content (AvgIpc) is 3.47.